The van der Waals surface area contributed by atoms with Crippen molar-refractivity contribution in [3.63, 3.8) is 0 Å². The lowest BCUT2D eigenvalue weighted by Crippen LogP contribution is -2.33. The van der Waals surface area contributed by atoms with Gasteiger partial charge in [0.2, 0.25) is 5.95 Å². The normalized spacial score (nSPS) is 22.0. The fraction of sp³-hybridized carbons (Fsp3) is 0.211. The number of carbonyl (C=O) groups excluding carboxylic acids is 1. The lowest BCUT2D eigenvalue weighted by atomic mass is 9.80. The molecule has 2 aliphatic rings. The van der Waals surface area contributed by atoms with Crippen LogP contribution in [0, 0.1) is 5.82 Å². The standard InChI is InChI=1S/C19H15FN4OS/c20-13-5-2-1-4-12(13)18-17-14(23-19-21-10-22-24(18)19)8-11(9-15(17)25)16-6-3-7-26-16/h1-7,10-11,18H,8-9H2,(H,21,22,23)/t11-,18-/m0/s1. The average Bonchev–Trinajstić information content (AvgIpc) is 3.32. The zero-order valence-electron chi connectivity index (χ0n) is 13.7. The van der Waals surface area contributed by atoms with Crippen LogP contribution in [0.3, 0.4) is 0 Å². The molecule has 1 aliphatic carbocycles. The average molecular weight is 366 g/mol. The van der Waals surface area contributed by atoms with E-state index in [-0.39, 0.29) is 17.5 Å². The minimum Gasteiger partial charge on any atom is -0.328 e. The Morgan fingerprint density at radius 1 is 1.19 bits per heavy atom. The molecule has 5 nitrogen and oxygen atoms in total. The maximum Gasteiger partial charge on any atom is 0.226 e. The minimum absolute atomic E-state index is 0.0338. The summed E-state index contributed by atoms with van der Waals surface area (Å²) >= 11 is 1.66. The number of anilines is 1. The van der Waals surface area contributed by atoms with E-state index in [1.807, 2.05) is 11.4 Å². The van der Waals surface area contributed by atoms with Crippen molar-refractivity contribution < 1.29 is 9.18 Å². The third-order valence-electron chi connectivity index (χ3n) is 5.01. The van der Waals surface area contributed by atoms with Gasteiger partial charge in [0.15, 0.2) is 5.78 Å². The van der Waals surface area contributed by atoms with E-state index in [1.54, 1.807) is 34.2 Å². The van der Waals surface area contributed by atoms with Crippen molar-refractivity contribution in [1.29, 1.82) is 0 Å². The number of benzene rings is 1. The number of fused-ring (bicyclic) bond motifs is 1. The number of carbonyl (C=O) groups is 1. The number of ketones is 1. The quantitative estimate of drug-likeness (QED) is 0.747. The maximum atomic E-state index is 14.5. The van der Waals surface area contributed by atoms with Crippen LogP contribution in [0.25, 0.3) is 0 Å². The number of aromatic nitrogens is 3. The zero-order chi connectivity index (χ0) is 17.7. The van der Waals surface area contributed by atoms with Crippen LogP contribution in [0.5, 0.6) is 0 Å². The molecular formula is C19H15FN4OS. The Bertz CT molecular complexity index is 1020. The zero-order valence-corrected chi connectivity index (χ0v) is 14.5. The van der Waals surface area contributed by atoms with Gasteiger partial charge in [-0.1, -0.05) is 24.3 Å². The van der Waals surface area contributed by atoms with Crippen molar-refractivity contribution >= 4 is 23.1 Å². The molecule has 26 heavy (non-hydrogen) atoms. The Morgan fingerprint density at radius 2 is 2.08 bits per heavy atom. The van der Waals surface area contributed by atoms with Crippen molar-refractivity contribution in [3.05, 3.63) is 75.6 Å². The number of nitrogens with zero attached hydrogens (tertiary/aromatic N) is 3. The summed E-state index contributed by atoms with van der Waals surface area (Å²) in [5, 5.41) is 9.52. The highest BCUT2D eigenvalue weighted by atomic mass is 32.1. The molecule has 2 atom stereocenters. The molecule has 7 heteroatoms. The number of Topliss-reactive ketones (excluding diaryl/α,β-unsaturated/α-hetero) is 1. The Balaban J connectivity index is 1.65. The van der Waals surface area contributed by atoms with Crippen LogP contribution in [0.2, 0.25) is 0 Å². The van der Waals surface area contributed by atoms with Crippen LogP contribution < -0.4 is 5.32 Å². The molecule has 0 saturated heterocycles. The second kappa shape index (κ2) is 5.88. The van der Waals surface area contributed by atoms with Gasteiger partial charge < -0.3 is 5.32 Å². The first-order chi connectivity index (χ1) is 12.7. The van der Waals surface area contributed by atoms with Gasteiger partial charge in [-0.15, -0.1) is 11.3 Å². The predicted molar refractivity (Wildman–Crippen MR) is 96.5 cm³/mol. The molecule has 3 aromatic rings. The van der Waals surface area contributed by atoms with E-state index in [4.69, 9.17) is 0 Å². The molecule has 0 radical (unpaired) electrons. The molecule has 0 bridgehead atoms. The first kappa shape index (κ1) is 15.5. The molecule has 3 heterocycles. The van der Waals surface area contributed by atoms with Crippen molar-refractivity contribution in [1.82, 2.24) is 14.8 Å². The van der Waals surface area contributed by atoms with Crippen LogP contribution >= 0.6 is 11.3 Å². The van der Waals surface area contributed by atoms with E-state index in [1.165, 1.54) is 17.3 Å². The van der Waals surface area contributed by atoms with Crippen LogP contribution in [0.15, 0.2) is 59.4 Å². The van der Waals surface area contributed by atoms with Gasteiger partial charge in [-0.3, -0.25) is 4.79 Å². The maximum absolute atomic E-state index is 14.5. The van der Waals surface area contributed by atoms with E-state index in [9.17, 15) is 9.18 Å². The molecule has 5 rings (SSSR count). The van der Waals surface area contributed by atoms with Gasteiger partial charge in [0.1, 0.15) is 18.2 Å². The third-order valence-corrected chi connectivity index (χ3v) is 6.04. The Labute approximate surface area is 153 Å². The molecular weight excluding hydrogens is 351 g/mol. The Morgan fingerprint density at radius 3 is 2.88 bits per heavy atom. The van der Waals surface area contributed by atoms with Gasteiger partial charge in [0, 0.05) is 34.0 Å². The first-order valence-electron chi connectivity index (χ1n) is 8.43. The van der Waals surface area contributed by atoms with E-state index >= 15 is 0 Å². The summed E-state index contributed by atoms with van der Waals surface area (Å²) in [6, 6.07) is 10.0. The van der Waals surface area contributed by atoms with Crippen LogP contribution in [0.1, 0.15) is 35.2 Å². The van der Waals surface area contributed by atoms with Gasteiger partial charge in [0.05, 0.1) is 0 Å². The predicted octanol–water partition coefficient (Wildman–Crippen LogP) is 3.89. The minimum atomic E-state index is -0.582. The molecule has 0 fully saturated rings. The summed E-state index contributed by atoms with van der Waals surface area (Å²) in [4.78, 5) is 18.5. The Kier molecular flexibility index (Phi) is 3.49. The fourth-order valence-corrected chi connectivity index (χ4v) is 4.69. The topological polar surface area (TPSA) is 59.8 Å². The molecule has 0 spiro atoms. The highest BCUT2D eigenvalue weighted by molar-refractivity contribution is 7.10. The van der Waals surface area contributed by atoms with Crippen LogP contribution in [-0.2, 0) is 4.79 Å². The third kappa shape index (κ3) is 2.31. The smallest absolute Gasteiger partial charge is 0.226 e. The van der Waals surface area contributed by atoms with Crippen molar-refractivity contribution in [3.8, 4) is 0 Å². The molecule has 0 saturated carbocycles. The van der Waals surface area contributed by atoms with Crippen molar-refractivity contribution in [2.75, 3.05) is 5.32 Å². The summed E-state index contributed by atoms with van der Waals surface area (Å²) in [5.74, 6) is 0.369. The van der Waals surface area contributed by atoms with Crippen LogP contribution in [-0.4, -0.2) is 20.5 Å². The van der Waals surface area contributed by atoms with Crippen molar-refractivity contribution in [2.45, 2.75) is 24.8 Å². The van der Waals surface area contributed by atoms with E-state index in [0.717, 1.165) is 5.70 Å². The van der Waals surface area contributed by atoms with Crippen LogP contribution in [0.4, 0.5) is 10.3 Å². The molecule has 1 N–H and O–H groups in total. The molecule has 1 aromatic carbocycles. The molecule has 1 aliphatic heterocycles. The number of allylic oxidation sites excluding steroid dienone is 2. The highest BCUT2D eigenvalue weighted by Crippen LogP contribution is 2.44. The SMILES string of the molecule is O=C1C[C@@H](c2cccs2)CC2=C1[C@H](c1ccccc1F)n1ncnc1N2. The van der Waals surface area contributed by atoms with Gasteiger partial charge >= 0.3 is 0 Å². The fourth-order valence-electron chi connectivity index (χ4n) is 3.86. The number of thiophene rings is 1. The van der Waals surface area contributed by atoms with E-state index in [0.29, 0.717) is 29.9 Å². The van der Waals surface area contributed by atoms with Gasteiger partial charge in [-0.2, -0.15) is 10.1 Å². The number of halogens is 1. The molecule has 2 aromatic heterocycles. The van der Waals surface area contributed by atoms with Crippen molar-refractivity contribution in [2.24, 2.45) is 0 Å². The summed E-state index contributed by atoms with van der Waals surface area (Å²) in [6.07, 6.45) is 2.56. The molecule has 0 unspecified atom stereocenters. The van der Waals surface area contributed by atoms with Gasteiger partial charge in [-0.05, 0) is 23.9 Å². The Hall–Kier alpha value is -2.80. The number of hydrogen-bond donors (Lipinski definition) is 1. The second-order valence-corrected chi connectivity index (χ2v) is 7.49. The van der Waals surface area contributed by atoms with Gasteiger partial charge in [-0.25, -0.2) is 9.07 Å². The second-order valence-electron chi connectivity index (χ2n) is 6.51. The molecule has 130 valence electrons. The number of rotatable bonds is 2. The largest absolute Gasteiger partial charge is 0.328 e. The van der Waals surface area contributed by atoms with Gasteiger partial charge in [0.25, 0.3) is 0 Å². The summed E-state index contributed by atoms with van der Waals surface area (Å²) in [7, 11) is 0. The lowest BCUT2D eigenvalue weighted by Gasteiger charge is -2.34. The first-order valence-corrected chi connectivity index (χ1v) is 9.31. The number of nitrogens with one attached hydrogen (secondary N) is 1. The monoisotopic (exact) mass is 366 g/mol. The number of hydrogen-bond acceptors (Lipinski definition) is 5. The van der Waals surface area contributed by atoms with E-state index in [2.05, 4.69) is 21.5 Å². The lowest BCUT2D eigenvalue weighted by molar-refractivity contribution is -0.116. The molecule has 0 amide bonds. The summed E-state index contributed by atoms with van der Waals surface area (Å²) in [6.45, 7) is 0. The van der Waals surface area contributed by atoms with E-state index < -0.39 is 6.04 Å². The highest BCUT2D eigenvalue weighted by Gasteiger charge is 2.40. The summed E-state index contributed by atoms with van der Waals surface area (Å²) < 4.78 is 16.1. The summed E-state index contributed by atoms with van der Waals surface area (Å²) in [5.41, 5.74) is 1.87.